The Hall–Kier alpha value is -0.940. The highest BCUT2D eigenvalue weighted by Crippen LogP contribution is 2.37. The predicted molar refractivity (Wildman–Crippen MR) is 73.0 cm³/mol. The Kier molecular flexibility index (Phi) is 4.02. The zero-order valence-electron chi connectivity index (χ0n) is 8.62. The lowest BCUT2D eigenvalue weighted by Crippen LogP contribution is -1.97. The highest BCUT2D eigenvalue weighted by molar-refractivity contribution is 6.43. The van der Waals surface area contributed by atoms with E-state index in [2.05, 4.69) is 9.97 Å². The third-order valence-electron chi connectivity index (χ3n) is 1.91. The van der Waals surface area contributed by atoms with Crippen LogP contribution in [0.3, 0.4) is 0 Å². The third-order valence-corrected chi connectivity index (χ3v) is 3.19. The minimum atomic E-state index is 0.0329. The summed E-state index contributed by atoms with van der Waals surface area (Å²) in [5, 5.41) is 1.10. The molecule has 0 aliphatic heterocycles. The predicted octanol–water partition coefficient (Wildman–Crippen LogP) is 4.46. The van der Waals surface area contributed by atoms with Crippen molar-refractivity contribution in [2.75, 3.05) is 5.73 Å². The second kappa shape index (κ2) is 5.36. The molecule has 1 aromatic heterocycles. The summed E-state index contributed by atoms with van der Waals surface area (Å²) in [5.41, 5.74) is 5.43. The van der Waals surface area contributed by atoms with Crippen LogP contribution in [0.4, 0.5) is 5.95 Å². The molecule has 0 saturated heterocycles. The first kappa shape index (κ1) is 13.5. The van der Waals surface area contributed by atoms with Crippen LogP contribution in [0.5, 0.6) is 11.6 Å². The molecule has 0 fully saturated rings. The van der Waals surface area contributed by atoms with Crippen LogP contribution in [0.25, 0.3) is 0 Å². The van der Waals surface area contributed by atoms with Gasteiger partial charge in [0.25, 0.3) is 0 Å². The van der Waals surface area contributed by atoms with Crippen molar-refractivity contribution in [1.82, 2.24) is 9.97 Å². The van der Waals surface area contributed by atoms with Crippen LogP contribution in [0.1, 0.15) is 0 Å². The smallest absolute Gasteiger partial charge is 0.243 e. The van der Waals surface area contributed by atoms with Gasteiger partial charge in [-0.05, 0) is 6.07 Å². The molecule has 0 atom stereocenters. The van der Waals surface area contributed by atoms with Crippen molar-refractivity contribution in [2.24, 2.45) is 0 Å². The van der Waals surface area contributed by atoms with E-state index in [1.54, 1.807) is 0 Å². The molecule has 2 rings (SSSR count). The van der Waals surface area contributed by atoms with Crippen LogP contribution in [0, 0.1) is 0 Å². The lowest BCUT2D eigenvalue weighted by Gasteiger charge is -2.09. The van der Waals surface area contributed by atoms with E-state index < -0.39 is 0 Å². The molecule has 8 heteroatoms. The number of rotatable bonds is 2. The number of hydrogen-bond acceptors (Lipinski definition) is 4. The molecule has 18 heavy (non-hydrogen) atoms. The summed E-state index contributed by atoms with van der Waals surface area (Å²) < 4.78 is 5.42. The number of benzene rings is 1. The molecule has 0 bridgehead atoms. The van der Waals surface area contributed by atoms with Gasteiger partial charge >= 0.3 is 0 Å². The first-order valence-electron chi connectivity index (χ1n) is 4.58. The number of halogens is 4. The molecule has 1 heterocycles. The van der Waals surface area contributed by atoms with Crippen LogP contribution < -0.4 is 10.5 Å². The van der Waals surface area contributed by atoms with E-state index in [1.807, 2.05) is 0 Å². The maximum absolute atomic E-state index is 5.96. The largest absolute Gasteiger partial charge is 0.436 e. The van der Waals surface area contributed by atoms with E-state index in [0.29, 0.717) is 10.0 Å². The average molecular weight is 325 g/mol. The van der Waals surface area contributed by atoms with Crippen molar-refractivity contribution >= 4 is 52.4 Å². The lowest BCUT2D eigenvalue weighted by molar-refractivity contribution is 0.463. The van der Waals surface area contributed by atoms with Crippen molar-refractivity contribution in [1.29, 1.82) is 0 Å². The zero-order chi connectivity index (χ0) is 13.3. The second-order valence-electron chi connectivity index (χ2n) is 3.18. The van der Waals surface area contributed by atoms with E-state index in [4.69, 9.17) is 56.9 Å². The molecule has 0 aliphatic rings. The van der Waals surface area contributed by atoms with Crippen molar-refractivity contribution in [3.63, 3.8) is 0 Å². The Balaban J connectivity index is 2.40. The fourth-order valence-electron chi connectivity index (χ4n) is 1.12. The maximum atomic E-state index is 5.96. The van der Waals surface area contributed by atoms with E-state index in [0.717, 1.165) is 0 Å². The van der Waals surface area contributed by atoms with Crippen molar-refractivity contribution in [3.8, 4) is 11.6 Å². The lowest BCUT2D eigenvalue weighted by atomic mass is 10.3. The van der Waals surface area contributed by atoms with Gasteiger partial charge in [-0.25, -0.2) is 4.98 Å². The number of anilines is 1. The number of hydrogen-bond donors (Lipinski definition) is 1. The quantitative estimate of drug-likeness (QED) is 0.828. The standard InChI is InChI=1S/C10H5Cl4N3O/c11-4-1-6(13)8(2-5(4)12)18-9-7(14)3-16-10(15)17-9/h1-3H,(H2,15,16,17). The molecule has 94 valence electrons. The van der Waals surface area contributed by atoms with Crippen LogP contribution in [0.15, 0.2) is 18.3 Å². The summed E-state index contributed by atoms with van der Waals surface area (Å²) >= 11 is 23.5. The van der Waals surface area contributed by atoms with E-state index in [9.17, 15) is 0 Å². The van der Waals surface area contributed by atoms with Gasteiger partial charge in [0.05, 0.1) is 21.3 Å². The van der Waals surface area contributed by atoms with Gasteiger partial charge in [-0.1, -0.05) is 46.4 Å². The summed E-state index contributed by atoms with van der Waals surface area (Å²) in [4.78, 5) is 7.55. The van der Waals surface area contributed by atoms with Crippen LogP contribution in [0.2, 0.25) is 20.1 Å². The van der Waals surface area contributed by atoms with Gasteiger partial charge in [0.2, 0.25) is 11.8 Å². The fraction of sp³-hybridized carbons (Fsp3) is 0. The molecule has 0 saturated carbocycles. The highest BCUT2D eigenvalue weighted by Gasteiger charge is 2.12. The molecule has 0 radical (unpaired) electrons. The van der Waals surface area contributed by atoms with E-state index in [-0.39, 0.29) is 27.6 Å². The molecular weight excluding hydrogens is 320 g/mol. The highest BCUT2D eigenvalue weighted by atomic mass is 35.5. The number of nitrogens with zero attached hydrogens (tertiary/aromatic N) is 2. The van der Waals surface area contributed by atoms with E-state index in [1.165, 1.54) is 18.3 Å². The summed E-state index contributed by atoms with van der Waals surface area (Å²) in [6, 6.07) is 2.92. The minimum absolute atomic E-state index is 0.0329. The van der Waals surface area contributed by atoms with Gasteiger partial charge in [0, 0.05) is 6.07 Å². The van der Waals surface area contributed by atoms with Gasteiger partial charge < -0.3 is 10.5 Å². The van der Waals surface area contributed by atoms with Gasteiger partial charge in [-0.2, -0.15) is 4.98 Å². The molecule has 2 N–H and O–H groups in total. The first-order valence-corrected chi connectivity index (χ1v) is 6.09. The molecule has 0 unspecified atom stereocenters. The Morgan fingerprint density at radius 3 is 2.33 bits per heavy atom. The van der Waals surface area contributed by atoms with Gasteiger partial charge in [-0.15, -0.1) is 0 Å². The Bertz CT molecular complexity index is 606. The number of aromatic nitrogens is 2. The van der Waals surface area contributed by atoms with E-state index >= 15 is 0 Å². The fourth-order valence-corrected chi connectivity index (χ4v) is 1.83. The molecule has 0 spiro atoms. The monoisotopic (exact) mass is 323 g/mol. The average Bonchev–Trinajstić information content (AvgIpc) is 2.30. The number of nitrogens with two attached hydrogens (primary N) is 1. The molecule has 0 aliphatic carbocycles. The Morgan fingerprint density at radius 2 is 1.61 bits per heavy atom. The SMILES string of the molecule is Nc1ncc(Cl)c(Oc2cc(Cl)c(Cl)cc2Cl)n1. The van der Waals surface area contributed by atoms with Crippen LogP contribution >= 0.6 is 46.4 Å². The Labute approximate surface area is 123 Å². The normalized spacial score (nSPS) is 10.4. The van der Waals surface area contributed by atoms with Gasteiger partial charge in [-0.3, -0.25) is 0 Å². The minimum Gasteiger partial charge on any atom is -0.436 e. The molecular formula is C10H5Cl4N3O. The van der Waals surface area contributed by atoms with Crippen molar-refractivity contribution in [3.05, 3.63) is 38.4 Å². The van der Waals surface area contributed by atoms with Gasteiger partial charge in [0.1, 0.15) is 10.8 Å². The number of nitrogen functional groups attached to an aromatic ring is 1. The summed E-state index contributed by atoms with van der Waals surface area (Å²) in [6.07, 6.45) is 1.32. The number of ether oxygens (including phenoxy) is 1. The molecule has 4 nitrogen and oxygen atoms in total. The van der Waals surface area contributed by atoms with Crippen molar-refractivity contribution in [2.45, 2.75) is 0 Å². The summed E-state index contributed by atoms with van der Waals surface area (Å²) in [5.74, 6) is 0.390. The third kappa shape index (κ3) is 2.90. The maximum Gasteiger partial charge on any atom is 0.243 e. The molecule has 0 amide bonds. The topological polar surface area (TPSA) is 61.0 Å². The first-order chi connectivity index (χ1) is 8.47. The van der Waals surface area contributed by atoms with Crippen LogP contribution in [-0.4, -0.2) is 9.97 Å². The van der Waals surface area contributed by atoms with Crippen molar-refractivity contribution < 1.29 is 4.74 Å². The Morgan fingerprint density at radius 1 is 0.944 bits per heavy atom. The second-order valence-corrected chi connectivity index (χ2v) is 4.81. The van der Waals surface area contributed by atoms with Crippen LogP contribution in [-0.2, 0) is 0 Å². The van der Waals surface area contributed by atoms with Gasteiger partial charge in [0.15, 0.2) is 0 Å². The molecule has 1 aromatic carbocycles. The summed E-state index contributed by atoms with van der Waals surface area (Å²) in [6.45, 7) is 0. The molecule has 2 aromatic rings. The summed E-state index contributed by atoms with van der Waals surface area (Å²) in [7, 11) is 0. The zero-order valence-corrected chi connectivity index (χ0v) is 11.6.